The Hall–Kier alpha value is -0.320. The molecule has 1 fully saturated rings. The summed E-state index contributed by atoms with van der Waals surface area (Å²) < 4.78 is 49.8. The Bertz CT molecular complexity index is 130. The summed E-state index contributed by atoms with van der Waals surface area (Å²) in [6.07, 6.45) is -1.19. The monoisotopic (exact) mass is 172 g/mol. The van der Waals surface area contributed by atoms with Crippen LogP contribution in [0.25, 0.3) is 0 Å². The molecule has 1 nitrogen and oxygen atoms in total. The maximum Gasteiger partial charge on any atom is 0.254 e. The first-order valence-corrected chi connectivity index (χ1v) is 3.56. The summed E-state index contributed by atoms with van der Waals surface area (Å²) in [4.78, 5) is -2.25. The molecule has 1 aliphatic rings. The van der Waals surface area contributed by atoms with Gasteiger partial charge in [-0.15, -0.1) is 0 Å². The van der Waals surface area contributed by atoms with Crippen molar-refractivity contribution in [2.45, 2.75) is 25.2 Å². The highest BCUT2D eigenvalue weighted by molar-refractivity contribution is 4.67. The number of quaternary nitrogens is 1. The number of hydrogen-bond donors (Lipinski definition) is 0. The van der Waals surface area contributed by atoms with Crippen LogP contribution in [0.4, 0.5) is 17.7 Å². The lowest BCUT2D eigenvalue weighted by Gasteiger charge is -2.11. The van der Waals surface area contributed by atoms with Crippen LogP contribution in [0.2, 0.25) is 0 Å². The highest BCUT2D eigenvalue weighted by Crippen LogP contribution is 2.31. The molecule has 0 aromatic heterocycles. The van der Waals surface area contributed by atoms with Gasteiger partial charge >= 0.3 is 0 Å². The van der Waals surface area contributed by atoms with Gasteiger partial charge in [-0.2, -0.15) is 0 Å². The lowest BCUT2D eigenvalue weighted by atomic mass is 10.1. The molecule has 1 rings (SSSR count). The molecule has 0 bridgehead atoms. The van der Waals surface area contributed by atoms with Gasteiger partial charge in [-0.1, -0.05) is 0 Å². The lowest BCUT2D eigenvalue weighted by Crippen LogP contribution is -2.31. The van der Waals surface area contributed by atoms with Gasteiger partial charge in [0.25, 0.3) is 5.92 Å². The SMILES string of the molecule is FC1(F)CCC[N+](F)(F)CC1. The molecule has 0 atom stereocenters. The number of rotatable bonds is 0. The average Bonchev–Trinajstić information content (AvgIpc) is 1.92. The van der Waals surface area contributed by atoms with Gasteiger partial charge in [-0.3, -0.25) is 0 Å². The fraction of sp³-hybridized carbons (Fsp3) is 1.00. The molecule has 66 valence electrons. The molecule has 0 N–H and O–H groups in total. The zero-order chi connectivity index (χ0) is 8.54. The Morgan fingerprint density at radius 3 is 2.27 bits per heavy atom. The van der Waals surface area contributed by atoms with Crippen LogP contribution in [0.15, 0.2) is 0 Å². The van der Waals surface area contributed by atoms with Crippen molar-refractivity contribution in [2.24, 2.45) is 0 Å². The summed E-state index contributed by atoms with van der Waals surface area (Å²) in [7, 11) is 0. The van der Waals surface area contributed by atoms with Crippen molar-refractivity contribution < 1.29 is 22.7 Å². The van der Waals surface area contributed by atoms with Crippen molar-refractivity contribution in [1.82, 2.24) is 0 Å². The van der Waals surface area contributed by atoms with Crippen LogP contribution in [0.1, 0.15) is 19.3 Å². The molecule has 0 amide bonds. The zero-order valence-corrected chi connectivity index (χ0v) is 5.99. The molecular weight excluding hydrogens is 162 g/mol. The number of halogens is 4. The summed E-state index contributed by atoms with van der Waals surface area (Å²) in [6, 6.07) is 0. The van der Waals surface area contributed by atoms with Crippen LogP contribution < -0.4 is 0 Å². The van der Waals surface area contributed by atoms with Crippen molar-refractivity contribution in [2.75, 3.05) is 13.1 Å². The molecule has 0 radical (unpaired) electrons. The Labute approximate surface area is 62.1 Å². The summed E-state index contributed by atoms with van der Waals surface area (Å²) in [5, 5.41) is 0. The summed E-state index contributed by atoms with van der Waals surface area (Å²) in [5.41, 5.74) is 0. The van der Waals surface area contributed by atoms with Crippen molar-refractivity contribution in [3.8, 4) is 0 Å². The number of alkyl halides is 2. The minimum absolute atomic E-state index is 0.0972. The second-order valence-electron chi connectivity index (χ2n) is 2.92. The fourth-order valence-electron chi connectivity index (χ4n) is 1.13. The van der Waals surface area contributed by atoms with Crippen LogP contribution in [0.3, 0.4) is 0 Å². The Morgan fingerprint density at radius 2 is 1.64 bits per heavy atom. The van der Waals surface area contributed by atoms with E-state index in [4.69, 9.17) is 0 Å². The summed E-state index contributed by atoms with van der Waals surface area (Å²) in [6.45, 7) is -1.18. The average molecular weight is 172 g/mol. The predicted octanol–water partition coefficient (Wildman–Crippen LogP) is 2.39. The Morgan fingerprint density at radius 1 is 1.00 bits per heavy atom. The van der Waals surface area contributed by atoms with E-state index < -0.39 is 36.8 Å². The van der Waals surface area contributed by atoms with Gasteiger partial charge in [0.2, 0.25) is 0 Å². The minimum atomic E-state index is -2.88. The molecule has 1 saturated heterocycles. The maximum atomic E-state index is 12.5. The van der Waals surface area contributed by atoms with E-state index in [2.05, 4.69) is 0 Å². The number of nitrogens with zero attached hydrogens (tertiary/aromatic N) is 1. The van der Waals surface area contributed by atoms with Crippen molar-refractivity contribution in [3.63, 3.8) is 0 Å². The third-order valence-corrected chi connectivity index (χ3v) is 1.83. The van der Waals surface area contributed by atoms with E-state index in [0.29, 0.717) is 0 Å². The Kier molecular flexibility index (Phi) is 2.09. The zero-order valence-electron chi connectivity index (χ0n) is 5.99. The minimum Gasteiger partial charge on any atom is -0.207 e. The van der Waals surface area contributed by atoms with E-state index in [1.165, 1.54) is 0 Å². The fourth-order valence-corrected chi connectivity index (χ4v) is 1.13. The van der Waals surface area contributed by atoms with E-state index in [0.717, 1.165) is 0 Å². The molecule has 1 aliphatic heterocycles. The molecule has 0 aliphatic carbocycles. The van der Waals surface area contributed by atoms with Gasteiger partial charge in [0.15, 0.2) is 13.1 Å². The van der Waals surface area contributed by atoms with Crippen LogP contribution in [0.5, 0.6) is 0 Å². The van der Waals surface area contributed by atoms with Crippen LogP contribution in [-0.2, 0) is 0 Å². The first-order chi connectivity index (χ1) is 4.91. The standard InChI is InChI=1S/C6H10F4N/c7-6(8)2-1-4-11(9,10)5-3-6/h1-5H2/q+1. The van der Waals surface area contributed by atoms with Gasteiger partial charge in [-0.25, -0.2) is 8.78 Å². The van der Waals surface area contributed by atoms with E-state index in [1.807, 2.05) is 0 Å². The van der Waals surface area contributed by atoms with Crippen molar-refractivity contribution in [1.29, 1.82) is 0 Å². The van der Waals surface area contributed by atoms with Crippen LogP contribution in [-0.4, -0.2) is 23.9 Å². The van der Waals surface area contributed by atoms with E-state index in [-0.39, 0.29) is 6.42 Å². The number of hydrogen-bond acceptors (Lipinski definition) is 0. The maximum absolute atomic E-state index is 12.5. The third kappa shape index (κ3) is 2.65. The highest BCUT2D eigenvalue weighted by atomic mass is 19.4. The first-order valence-electron chi connectivity index (χ1n) is 3.56. The topological polar surface area (TPSA) is 0 Å². The smallest absolute Gasteiger partial charge is 0.207 e. The molecule has 0 unspecified atom stereocenters. The van der Waals surface area contributed by atoms with Gasteiger partial charge in [0.1, 0.15) is 0 Å². The molecule has 11 heavy (non-hydrogen) atoms. The second kappa shape index (κ2) is 2.62. The summed E-state index contributed by atoms with van der Waals surface area (Å²) >= 11 is 0. The molecular formula is C6H10F4N+. The molecule has 1 heterocycles. The lowest BCUT2D eigenvalue weighted by molar-refractivity contribution is -1.17. The molecule has 0 aromatic rings. The van der Waals surface area contributed by atoms with Crippen LogP contribution >= 0.6 is 0 Å². The first kappa shape index (κ1) is 8.77. The van der Waals surface area contributed by atoms with E-state index in [9.17, 15) is 17.7 Å². The van der Waals surface area contributed by atoms with Crippen molar-refractivity contribution >= 4 is 0 Å². The Balaban J connectivity index is 2.53. The van der Waals surface area contributed by atoms with E-state index in [1.54, 1.807) is 0 Å². The van der Waals surface area contributed by atoms with Gasteiger partial charge < -0.3 is 0 Å². The molecule has 5 heteroatoms. The van der Waals surface area contributed by atoms with Gasteiger partial charge in [0, 0.05) is 21.8 Å². The molecule has 0 aromatic carbocycles. The molecule has 0 saturated carbocycles. The second-order valence-corrected chi connectivity index (χ2v) is 2.92. The van der Waals surface area contributed by atoms with Crippen molar-refractivity contribution in [3.05, 3.63) is 0 Å². The van der Waals surface area contributed by atoms with E-state index >= 15 is 0 Å². The summed E-state index contributed by atoms with van der Waals surface area (Å²) in [5.74, 6) is -2.88. The molecule has 0 spiro atoms. The predicted molar refractivity (Wildman–Crippen MR) is 31.0 cm³/mol. The third-order valence-electron chi connectivity index (χ3n) is 1.83. The highest BCUT2D eigenvalue weighted by Gasteiger charge is 2.41. The quantitative estimate of drug-likeness (QED) is 0.388. The van der Waals surface area contributed by atoms with Gasteiger partial charge in [-0.05, 0) is 0 Å². The normalized spacial score (nSPS) is 29.5. The van der Waals surface area contributed by atoms with Crippen LogP contribution in [0, 0.1) is 0 Å². The van der Waals surface area contributed by atoms with Gasteiger partial charge in [0.05, 0.1) is 11.3 Å². The largest absolute Gasteiger partial charge is 0.254 e.